The van der Waals surface area contributed by atoms with Crippen molar-refractivity contribution in [1.29, 1.82) is 0 Å². The van der Waals surface area contributed by atoms with Crippen molar-refractivity contribution in [3.05, 3.63) is 24.3 Å². The fourth-order valence-corrected chi connectivity index (χ4v) is 1.47. The Morgan fingerprint density at radius 2 is 2.29 bits per heavy atom. The van der Waals surface area contributed by atoms with E-state index in [-0.39, 0.29) is 11.9 Å². The Labute approximate surface area is 101 Å². The lowest BCUT2D eigenvalue weighted by molar-refractivity contribution is -0.120. The number of nitrogens with two attached hydrogens (primary N) is 1. The average Bonchev–Trinajstić information content (AvgIpc) is 2.37. The van der Waals surface area contributed by atoms with E-state index in [4.69, 9.17) is 10.5 Å². The molecule has 0 aliphatic rings. The van der Waals surface area contributed by atoms with E-state index in [9.17, 15) is 4.79 Å². The first-order chi connectivity index (χ1) is 8.19. The van der Waals surface area contributed by atoms with Crippen molar-refractivity contribution in [3.63, 3.8) is 0 Å². The van der Waals surface area contributed by atoms with Gasteiger partial charge in [-0.3, -0.25) is 4.79 Å². The van der Waals surface area contributed by atoms with E-state index in [2.05, 4.69) is 10.6 Å². The molecule has 0 heterocycles. The van der Waals surface area contributed by atoms with Gasteiger partial charge in [0.25, 0.3) is 0 Å². The first kappa shape index (κ1) is 13.3. The molecule has 1 aromatic carbocycles. The Bertz CT molecular complexity index is 369. The van der Waals surface area contributed by atoms with Crippen LogP contribution in [-0.2, 0) is 4.79 Å². The fraction of sp³-hybridized carbons (Fsp3) is 0.417. The maximum absolute atomic E-state index is 11.3. The third kappa shape index (κ3) is 4.32. The summed E-state index contributed by atoms with van der Waals surface area (Å²) >= 11 is 0. The van der Waals surface area contributed by atoms with Gasteiger partial charge in [-0.1, -0.05) is 6.07 Å². The minimum atomic E-state index is -0.0814. The van der Waals surface area contributed by atoms with E-state index in [0.717, 1.165) is 11.4 Å². The highest BCUT2D eigenvalue weighted by atomic mass is 16.5. The van der Waals surface area contributed by atoms with Crippen LogP contribution in [0.15, 0.2) is 24.3 Å². The lowest BCUT2D eigenvalue weighted by atomic mass is 10.2. The maximum Gasteiger partial charge on any atom is 0.221 e. The molecule has 0 saturated heterocycles. The van der Waals surface area contributed by atoms with Crippen LogP contribution in [0.4, 0.5) is 5.69 Å². The van der Waals surface area contributed by atoms with Crippen LogP contribution >= 0.6 is 0 Å². The highest BCUT2D eigenvalue weighted by Crippen LogP contribution is 2.17. The summed E-state index contributed by atoms with van der Waals surface area (Å²) in [6, 6.07) is 7.44. The standard InChI is InChI=1S/C12H19N3O2/c1-14-12(16)7-10(8-13)15-9-4-3-5-11(6-9)17-2/h3-6,10,15H,7-8,13H2,1-2H3,(H,14,16). The predicted octanol–water partition coefficient (Wildman–Crippen LogP) is 0.571. The van der Waals surface area contributed by atoms with Crippen molar-refractivity contribution < 1.29 is 9.53 Å². The molecule has 4 N–H and O–H groups in total. The molecule has 0 aliphatic carbocycles. The smallest absolute Gasteiger partial charge is 0.221 e. The van der Waals surface area contributed by atoms with E-state index < -0.39 is 0 Å². The summed E-state index contributed by atoms with van der Waals surface area (Å²) < 4.78 is 5.12. The van der Waals surface area contributed by atoms with Crippen LogP contribution in [0.5, 0.6) is 5.75 Å². The fourth-order valence-electron chi connectivity index (χ4n) is 1.47. The largest absolute Gasteiger partial charge is 0.497 e. The molecular formula is C12H19N3O2. The van der Waals surface area contributed by atoms with E-state index in [1.54, 1.807) is 14.2 Å². The number of hydrogen-bond acceptors (Lipinski definition) is 4. The molecule has 94 valence electrons. The Morgan fingerprint density at radius 3 is 2.88 bits per heavy atom. The number of carbonyl (C=O) groups excluding carboxylic acids is 1. The number of ether oxygens (including phenoxy) is 1. The van der Waals surface area contributed by atoms with Crippen LogP contribution in [0.25, 0.3) is 0 Å². The SMILES string of the molecule is CNC(=O)CC(CN)Nc1cccc(OC)c1. The Kier molecular flexibility index (Phi) is 5.29. The van der Waals surface area contributed by atoms with Crippen molar-refractivity contribution in [2.45, 2.75) is 12.5 Å². The molecule has 0 aromatic heterocycles. The lowest BCUT2D eigenvalue weighted by Gasteiger charge is -2.17. The van der Waals surface area contributed by atoms with Gasteiger partial charge in [0.15, 0.2) is 0 Å². The molecule has 1 amide bonds. The molecule has 5 nitrogen and oxygen atoms in total. The topological polar surface area (TPSA) is 76.4 Å². The number of methoxy groups -OCH3 is 1. The molecule has 1 aromatic rings. The highest BCUT2D eigenvalue weighted by Gasteiger charge is 2.11. The maximum atomic E-state index is 11.3. The normalized spacial score (nSPS) is 11.7. The molecular weight excluding hydrogens is 218 g/mol. The lowest BCUT2D eigenvalue weighted by Crippen LogP contribution is -2.34. The molecule has 0 radical (unpaired) electrons. The quantitative estimate of drug-likeness (QED) is 0.676. The number of hydrogen-bond donors (Lipinski definition) is 3. The second kappa shape index (κ2) is 6.75. The molecule has 0 bridgehead atoms. The van der Waals surface area contributed by atoms with Crippen LogP contribution in [0.2, 0.25) is 0 Å². The third-order valence-corrected chi connectivity index (χ3v) is 2.44. The average molecular weight is 237 g/mol. The van der Waals surface area contributed by atoms with Gasteiger partial charge in [0.1, 0.15) is 5.75 Å². The van der Waals surface area contributed by atoms with Gasteiger partial charge in [-0.25, -0.2) is 0 Å². The number of amides is 1. The second-order valence-corrected chi connectivity index (χ2v) is 3.69. The van der Waals surface area contributed by atoms with Crippen LogP contribution in [0, 0.1) is 0 Å². The van der Waals surface area contributed by atoms with Crippen molar-refractivity contribution >= 4 is 11.6 Å². The van der Waals surface area contributed by atoms with Gasteiger partial charge >= 0.3 is 0 Å². The molecule has 0 aliphatic heterocycles. The van der Waals surface area contributed by atoms with Gasteiger partial charge in [-0.15, -0.1) is 0 Å². The van der Waals surface area contributed by atoms with Crippen LogP contribution in [-0.4, -0.2) is 32.7 Å². The zero-order valence-corrected chi connectivity index (χ0v) is 10.2. The van der Waals surface area contributed by atoms with Gasteiger partial charge in [-0.05, 0) is 12.1 Å². The Morgan fingerprint density at radius 1 is 1.53 bits per heavy atom. The number of rotatable bonds is 6. The summed E-state index contributed by atoms with van der Waals surface area (Å²) in [6.45, 7) is 0.393. The zero-order valence-electron chi connectivity index (χ0n) is 10.2. The van der Waals surface area contributed by atoms with Crippen molar-refractivity contribution in [3.8, 4) is 5.75 Å². The minimum absolute atomic E-state index is 0.0316. The predicted molar refractivity (Wildman–Crippen MR) is 68.1 cm³/mol. The van der Waals surface area contributed by atoms with Crippen molar-refractivity contribution in [1.82, 2.24) is 5.32 Å². The van der Waals surface area contributed by atoms with E-state index in [1.807, 2.05) is 24.3 Å². The molecule has 17 heavy (non-hydrogen) atoms. The summed E-state index contributed by atoms with van der Waals surface area (Å²) in [4.78, 5) is 11.3. The van der Waals surface area contributed by atoms with Crippen molar-refractivity contribution in [2.24, 2.45) is 5.73 Å². The van der Waals surface area contributed by atoms with Gasteiger partial charge in [0.05, 0.1) is 7.11 Å². The van der Waals surface area contributed by atoms with Crippen LogP contribution < -0.4 is 21.1 Å². The second-order valence-electron chi connectivity index (χ2n) is 3.69. The first-order valence-corrected chi connectivity index (χ1v) is 5.50. The minimum Gasteiger partial charge on any atom is -0.497 e. The van der Waals surface area contributed by atoms with Crippen LogP contribution in [0.3, 0.4) is 0 Å². The van der Waals surface area contributed by atoms with Gasteiger partial charge < -0.3 is 21.1 Å². The molecule has 0 saturated carbocycles. The van der Waals surface area contributed by atoms with E-state index in [0.29, 0.717) is 13.0 Å². The number of benzene rings is 1. The summed E-state index contributed by atoms with van der Waals surface area (Å²) in [7, 11) is 3.23. The van der Waals surface area contributed by atoms with E-state index in [1.165, 1.54) is 0 Å². The molecule has 1 rings (SSSR count). The first-order valence-electron chi connectivity index (χ1n) is 5.50. The summed E-state index contributed by atoms with van der Waals surface area (Å²) in [5.74, 6) is 0.738. The summed E-state index contributed by atoms with van der Waals surface area (Å²) in [5, 5.41) is 5.78. The molecule has 1 unspecified atom stereocenters. The van der Waals surface area contributed by atoms with E-state index >= 15 is 0 Å². The molecule has 5 heteroatoms. The Balaban J connectivity index is 2.63. The van der Waals surface area contributed by atoms with Gasteiger partial charge in [0.2, 0.25) is 5.91 Å². The van der Waals surface area contributed by atoms with Gasteiger partial charge in [-0.2, -0.15) is 0 Å². The summed E-state index contributed by atoms with van der Waals surface area (Å²) in [5.41, 5.74) is 6.51. The monoisotopic (exact) mass is 237 g/mol. The molecule has 0 fully saturated rings. The van der Waals surface area contributed by atoms with Gasteiger partial charge in [0, 0.05) is 37.8 Å². The number of carbonyl (C=O) groups is 1. The third-order valence-electron chi connectivity index (χ3n) is 2.44. The summed E-state index contributed by atoms with van der Waals surface area (Å²) in [6.07, 6.45) is 0.351. The number of anilines is 1. The number of nitrogens with one attached hydrogen (secondary N) is 2. The molecule has 0 spiro atoms. The van der Waals surface area contributed by atoms with Crippen LogP contribution in [0.1, 0.15) is 6.42 Å². The Hall–Kier alpha value is -1.75. The van der Waals surface area contributed by atoms with Crippen molar-refractivity contribution in [2.75, 3.05) is 26.0 Å². The highest BCUT2D eigenvalue weighted by molar-refractivity contribution is 5.76. The molecule has 1 atom stereocenters. The zero-order chi connectivity index (χ0) is 12.7.